The van der Waals surface area contributed by atoms with Gasteiger partial charge in [-0.1, -0.05) is 34.8 Å². The first-order valence-corrected chi connectivity index (χ1v) is 10.9. The number of benzene rings is 1. The predicted octanol–water partition coefficient (Wildman–Crippen LogP) is 4.10. The van der Waals surface area contributed by atoms with Gasteiger partial charge in [0.25, 0.3) is 5.91 Å². The van der Waals surface area contributed by atoms with Crippen LogP contribution in [0.1, 0.15) is 42.0 Å². The Labute approximate surface area is 178 Å². The molecule has 2 heterocycles. The summed E-state index contributed by atoms with van der Waals surface area (Å²) in [6, 6.07) is 11.0. The van der Waals surface area contributed by atoms with Gasteiger partial charge in [0.15, 0.2) is 5.76 Å². The van der Waals surface area contributed by atoms with Gasteiger partial charge in [0.2, 0.25) is 5.91 Å². The molecule has 1 saturated carbocycles. The monoisotopic (exact) mass is 460 g/mol. The van der Waals surface area contributed by atoms with Gasteiger partial charge in [-0.15, -0.1) is 0 Å². The average Bonchev–Trinajstić information content (AvgIpc) is 3.44. The van der Waals surface area contributed by atoms with Crippen molar-refractivity contribution in [3.8, 4) is 5.75 Å². The van der Waals surface area contributed by atoms with Crippen molar-refractivity contribution in [2.45, 2.75) is 32.3 Å². The molecule has 2 aromatic rings. The Kier molecular flexibility index (Phi) is 6.23. The van der Waals surface area contributed by atoms with Crippen LogP contribution in [0.25, 0.3) is 0 Å². The molecule has 1 saturated heterocycles. The van der Waals surface area contributed by atoms with E-state index in [1.165, 1.54) is 0 Å². The van der Waals surface area contributed by atoms with Gasteiger partial charge >= 0.3 is 0 Å². The minimum atomic E-state index is -0.133. The van der Waals surface area contributed by atoms with Crippen LogP contribution in [-0.2, 0) is 11.4 Å². The molecule has 1 aliphatic carbocycles. The molecular formula is C22H25BrN2O4. The molecule has 2 aliphatic rings. The molecule has 7 heteroatoms. The highest BCUT2D eigenvalue weighted by Crippen LogP contribution is 2.27. The van der Waals surface area contributed by atoms with Gasteiger partial charge in [-0.3, -0.25) is 9.59 Å². The summed E-state index contributed by atoms with van der Waals surface area (Å²) in [5, 5.41) is 0. The van der Waals surface area contributed by atoms with E-state index in [2.05, 4.69) is 15.9 Å². The second-order valence-corrected chi connectivity index (χ2v) is 8.53. The molecule has 1 aromatic carbocycles. The molecular weight excluding hydrogens is 436 g/mol. The molecule has 1 aromatic heterocycles. The smallest absolute Gasteiger partial charge is 0.289 e. The standard InChI is InChI=1S/C22H25BrN2O4/c23-17-6-3-7-18(14-17)28-15-19-8-9-20(29-19)22(27)25-12-10-24(11-13-25)21(26)16-4-1-2-5-16/h3,6-9,14,16H,1-2,4-5,10-13,15H2. The van der Waals surface area contributed by atoms with E-state index in [0.29, 0.717) is 37.7 Å². The third-order valence-corrected chi connectivity index (χ3v) is 6.13. The van der Waals surface area contributed by atoms with Gasteiger partial charge in [0.1, 0.15) is 18.1 Å². The van der Waals surface area contributed by atoms with Crippen LogP contribution in [0.2, 0.25) is 0 Å². The largest absolute Gasteiger partial charge is 0.486 e. The molecule has 0 bridgehead atoms. The Morgan fingerprint density at radius 2 is 1.76 bits per heavy atom. The molecule has 0 atom stereocenters. The second kappa shape index (κ2) is 9.03. The highest BCUT2D eigenvalue weighted by Gasteiger charge is 2.31. The number of halogens is 1. The van der Waals surface area contributed by atoms with Gasteiger partial charge in [0.05, 0.1) is 0 Å². The first-order valence-electron chi connectivity index (χ1n) is 10.2. The van der Waals surface area contributed by atoms with Crippen molar-refractivity contribution in [3.05, 3.63) is 52.4 Å². The van der Waals surface area contributed by atoms with Gasteiger partial charge in [0, 0.05) is 36.6 Å². The van der Waals surface area contributed by atoms with E-state index in [1.54, 1.807) is 17.0 Å². The van der Waals surface area contributed by atoms with Gasteiger partial charge < -0.3 is 19.0 Å². The first kappa shape index (κ1) is 20.0. The fourth-order valence-corrected chi connectivity index (χ4v) is 4.38. The minimum Gasteiger partial charge on any atom is -0.486 e. The predicted molar refractivity (Wildman–Crippen MR) is 112 cm³/mol. The lowest BCUT2D eigenvalue weighted by atomic mass is 10.1. The lowest BCUT2D eigenvalue weighted by Crippen LogP contribution is -2.51. The maximum atomic E-state index is 12.7. The van der Waals surface area contributed by atoms with Crippen molar-refractivity contribution < 1.29 is 18.7 Å². The molecule has 0 unspecified atom stereocenters. The van der Waals surface area contributed by atoms with Crippen molar-refractivity contribution in [1.29, 1.82) is 0 Å². The third kappa shape index (κ3) is 4.83. The summed E-state index contributed by atoms with van der Waals surface area (Å²) in [6.45, 7) is 2.54. The van der Waals surface area contributed by atoms with E-state index in [0.717, 1.165) is 35.9 Å². The summed E-state index contributed by atoms with van der Waals surface area (Å²) in [4.78, 5) is 29.0. The van der Waals surface area contributed by atoms with Crippen molar-refractivity contribution in [2.75, 3.05) is 26.2 Å². The number of furan rings is 1. The SMILES string of the molecule is O=C(c1ccc(COc2cccc(Br)c2)o1)N1CCN(C(=O)C2CCCC2)CC1. The molecule has 0 N–H and O–H groups in total. The van der Waals surface area contributed by atoms with Crippen molar-refractivity contribution in [2.24, 2.45) is 5.92 Å². The summed E-state index contributed by atoms with van der Waals surface area (Å²) in [5.41, 5.74) is 0. The first-order chi connectivity index (χ1) is 14.1. The fraction of sp³-hybridized carbons (Fsp3) is 0.455. The summed E-state index contributed by atoms with van der Waals surface area (Å²) in [6.07, 6.45) is 4.33. The van der Waals surface area contributed by atoms with E-state index < -0.39 is 0 Å². The minimum absolute atomic E-state index is 0.133. The van der Waals surface area contributed by atoms with Crippen LogP contribution in [0.15, 0.2) is 45.3 Å². The van der Waals surface area contributed by atoms with E-state index in [9.17, 15) is 9.59 Å². The van der Waals surface area contributed by atoms with Crippen LogP contribution in [0.3, 0.4) is 0 Å². The van der Waals surface area contributed by atoms with Gasteiger partial charge in [-0.05, 0) is 43.2 Å². The second-order valence-electron chi connectivity index (χ2n) is 7.61. The molecule has 6 nitrogen and oxygen atoms in total. The highest BCUT2D eigenvalue weighted by molar-refractivity contribution is 9.10. The van der Waals surface area contributed by atoms with E-state index >= 15 is 0 Å². The maximum Gasteiger partial charge on any atom is 0.289 e. The molecule has 0 radical (unpaired) electrons. The van der Waals surface area contributed by atoms with Crippen molar-refractivity contribution >= 4 is 27.7 Å². The van der Waals surface area contributed by atoms with Crippen LogP contribution < -0.4 is 4.74 Å². The quantitative estimate of drug-likeness (QED) is 0.673. The number of nitrogens with zero attached hydrogens (tertiary/aromatic N) is 2. The summed E-state index contributed by atoms with van der Waals surface area (Å²) < 4.78 is 12.3. The molecule has 4 rings (SSSR count). The Morgan fingerprint density at radius 1 is 1.03 bits per heavy atom. The van der Waals surface area contributed by atoms with E-state index in [4.69, 9.17) is 9.15 Å². The Hall–Kier alpha value is -2.28. The number of piperazine rings is 1. The lowest BCUT2D eigenvalue weighted by Gasteiger charge is -2.35. The maximum absolute atomic E-state index is 12.7. The molecule has 2 fully saturated rings. The Bertz CT molecular complexity index is 867. The van der Waals surface area contributed by atoms with Crippen molar-refractivity contribution in [1.82, 2.24) is 9.80 Å². The number of hydrogen-bond acceptors (Lipinski definition) is 4. The van der Waals surface area contributed by atoms with Crippen LogP contribution in [0.5, 0.6) is 5.75 Å². The Morgan fingerprint density at radius 3 is 2.48 bits per heavy atom. The number of carbonyl (C=O) groups is 2. The molecule has 154 valence electrons. The molecule has 1 aliphatic heterocycles. The highest BCUT2D eigenvalue weighted by atomic mass is 79.9. The van der Waals surface area contributed by atoms with Crippen LogP contribution in [-0.4, -0.2) is 47.8 Å². The lowest BCUT2D eigenvalue weighted by molar-refractivity contribution is -0.136. The third-order valence-electron chi connectivity index (χ3n) is 5.63. The molecule has 0 spiro atoms. The van der Waals surface area contributed by atoms with Crippen molar-refractivity contribution in [3.63, 3.8) is 0 Å². The zero-order chi connectivity index (χ0) is 20.2. The van der Waals surface area contributed by atoms with Crippen LogP contribution in [0.4, 0.5) is 0 Å². The summed E-state index contributed by atoms with van der Waals surface area (Å²) in [5.74, 6) is 1.96. The Balaban J connectivity index is 1.28. The van der Waals surface area contributed by atoms with Crippen LogP contribution >= 0.6 is 15.9 Å². The number of carbonyl (C=O) groups excluding carboxylic acids is 2. The summed E-state index contributed by atoms with van der Waals surface area (Å²) in [7, 11) is 0. The van der Waals surface area contributed by atoms with Gasteiger partial charge in [-0.2, -0.15) is 0 Å². The van der Waals surface area contributed by atoms with E-state index in [1.807, 2.05) is 29.2 Å². The zero-order valence-electron chi connectivity index (χ0n) is 16.3. The molecule has 29 heavy (non-hydrogen) atoms. The average molecular weight is 461 g/mol. The molecule has 2 amide bonds. The summed E-state index contributed by atoms with van der Waals surface area (Å²) >= 11 is 3.41. The van der Waals surface area contributed by atoms with Gasteiger partial charge in [-0.25, -0.2) is 0 Å². The number of rotatable bonds is 5. The fourth-order valence-electron chi connectivity index (χ4n) is 4.00. The van der Waals surface area contributed by atoms with Crippen LogP contribution in [0, 0.1) is 5.92 Å². The zero-order valence-corrected chi connectivity index (χ0v) is 17.9. The topological polar surface area (TPSA) is 63.0 Å². The number of amides is 2. The number of ether oxygens (including phenoxy) is 1. The normalized spacial score (nSPS) is 17.6. The number of hydrogen-bond donors (Lipinski definition) is 0. The van der Waals surface area contributed by atoms with E-state index in [-0.39, 0.29) is 24.3 Å².